The van der Waals surface area contributed by atoms with Crippen molar-refractivity contribution in [2.24, 2.45) is 0 Å². The van der Waals surface area contributed by atoms with E-state index in [1.165, 1.54) is 57.8 Å². The fourth-order valence-electron chi connectivity index (χ4n) is 2.54. The third-order valence-corrected chi connectivity index (χ3v) is 3.95. The maximum Gasteiger partial charge on any atom is 0.333 e. The maximum absolute atomic E-state index is 10.8. The predicted molar refractivity (Wildman–Crippen MR) is 90.7 cm³/mol. The van der Waals surface area contributed by atoms with E-state index in [0.717, 1.165) is 19.3 Å². The van der Waals surface area contributed by atoms with Crippen LogP contribution in [0.2, 0.25) is 0 Å². The highest BCUT2D eigenvalue weighted by Crippen LogP contribution is 2.12. The van der Waals surface area contributed by atoms with E-state index in [-0.39, 0.29) is 0 Å². The second kappa shape index (κ2) is 15.8. The van der Waals surface area contributed by atoms with Gasteiger partial charge in [-0.3, -0.25) is 4.79 Å². The van der Waals surface area contributed by atoms with Crippen LogP contribution in [0.1, 0.15) is 90.4 Å². The van der Waals surface area contributed by atoms with E-state index in [4.69, 9.17) is 14.9 Å². The zero-order valence-corrected chi connectivity index (χ0v) is 14.6. The molecule has 0 bridgehead atoms. The second-order valence-electron chi connectivity index (χ2n) is 6.18. The molecule has 5 heteroatoms. The van der Waals surface area contributed by atoms with Crippen molar-refractivity contribution in [2.45, 2.75) is 96.5 Å². The van der Waals surface area contributed by atoms with Crippen LogP contribution in [0.15, 0.2) is 0 Å². The number of carboxylic acid groups (broad SMARTS) is 2. The van der Waals surface area contributed by atoms with Gasteiger partial charge in [0, 0.05) is 6.61 Å². The normalized spacial score (nSPS) is 12.2. The van der Waals surface area contributed by atoms with E-state index >= 15 is 0 Å². The topological polar surface area (TPSA) is 83.8 Å². The van der Waals surface area contributed by atoms with Gasteiger partial charge in [-0.05, 0) is 6.42 Å². The summed E-state index contributed by atoms with van der Waals surface area (Å²) in [4.78, 5) is 21.3. The summed E-state index contributed by atoms with van der Waals surface area (Å²) in [6.45, 7) is 2.56. The molecule has 1 atom stereocenters. The van der Waals surface area contributed by atoms with Crippen LogP contribution in [-0.2, 0) is 14.3 Å². The number of unbranched alkanes of at least 4 members (excludes halogenated alkanes) is 11. The summed E-state index contributed by atoms with van der Waals surface area (Å²) in [7, 11) is 0. The van der Waals surface area contributed by atoms with Crippen LogP contribution < -0.4 is 0 Å². The molecule has 0 saturated heterocycles. The Morgan fingerprint density at radius 1 is 0.783 bits per heavy atom. The molecular formula is C18H34O5. The first-order valence-corrected chi connectivity index (χ1v) is 9.14. The van der Waals surface area contributed by atoms with Crippen LogP contribution in [0.3, 0.4) is 0 Å². The smallest absolute Gasteiger partial charge is 0.333 e. The van der Waals surface area contributed by atoms with E-state index in [2.05, 4.69) is 6.92 Å². The monoisotopic (exact) mass is 330 g/mol. The van der Waals surface area contributed by atoms with Crippen LogP contribution in [0.5, 0.6) is 0 Å². The molecule has 5 nitrogen and oxygen atoms in total. The first kappa shape index (κ1) is 21.9. The first-order chi connectivity index (χ1) is 11.1. The van der Waals surface area contributed by atoms with Crippen molar-refractivity contribution < 1.29 is 24.5 Å². The van der Waals surface area contributed by atoms with E-state index in [1.54, 1.807) is 0 Å². The van der Waals surface area contributed by atoms with Crippen molar-refractivity contribution >= 4 is 11.9 Å². The number of rotatable bonds is 17. The van der Waals surface area contributed by atoms with Crippen molar-refractivity contribution in [2.75, 3.05) is 6.61 Å². The maximum atomic E-state index is 10.8. The largest absolute Gasteiger partial charge is 0.481 e. The standard InChI is InChI=1S/C18H34O5/c1-2-3-4-5-6-7-8-9-10-11-12-13-14-23-16(18(21)22)15-17(19)20/h16H,2-15H2,1H3,(H,19,20)(H,21,22). The SMILES string of the molecule is CCCCCCCCCCCCCCOC(CC(=O)O)C(=O)O. The number of hydrogen-bond donors (Lipinski definition) is 2. The molecule has 0 fully saturated rings. The molecule has 0 saturated carbocycles. The van der Waals surface area contributed by atoms with Crippen LogP contribution in [-0.4, -0.2) is 34.9 Å². The summed E-state index contributed by atoms with van der Waals surface area (Å²) in [5, 5.41) is 17.4. The lowest BCUT2D eigenvalue weighted by atomic mass is 10.1. The number of aliphatic carboxylic acids is 2. The van der Waals surface area contributed by atoms with Gasteiger partial charge in [-0.25, -0.2) is 4.79 Å². The summed E-state index contributed by atoms with van der Waals surface area (Å²) < 4.78 is 5.13. The zero-order valence-electron chi connectivity index (χ0n) is 14.6. The minimum Gasteiger partial charge on any atom is -0.481 e. The van der Waals surface area contributed by atoms with Crippen molar-refractivity contribution in [3.8, 4) is 0 Å². The molecule has 0 rings (SSSR count). The van der Waals surface area contributed by atoms with E-state index in [1.807, 2.05) is 0 Å². The highest BCUT2D eigenvalue weighted by molar-refractivity contribution is 5.79. The van der Waals surface area contributed by atoms with Crippen molar-refractivity contribution in [3.05, 3.63) is 0 Å². The highest BCUT2D eigenvalue weighted by Gasteiger charge is 2.21. The van der Waals surface area contributed by atoms with Gasteiger partial charge in [-0.2, -0.15) is 0 Å². The molecule has 1 unspecified atom stereocenters. The van der Waals surface area contributed by atoms with Crippen LogP contribution in [0, 0.1) is 0 Å². The van der Waals surface area contributed by atoms with Gasteiger partial charge in [-0.15, -0.1) is 0 Å². The number of carboxylic acids is 2. The lowest BCUT2D eigenvalue weighted by Gasteiger charge is -2.11. The van der Waals surface area contributed by atoms with Crippen LogP contribution >= 0.6 is 0 Å². The molecule has 0 aliphatic rings. The fraction of sp³-hybridized carbons (Fsp3) is 0.889. The average molecular weight is 330 g/mol. The van der Waals surface area contributed by atoms with Gasteiger partial charge in [0.15, 0.2) is 6.10 Å². The van der Waals surface area contributed by atoms with Gasteiger partial charge >= 0.3 is 11.9 Å². The molecule has 0 aromatic heterocycles. The Bertz CT molecular complexity index is 304. The summed E-state index contributed by atoms with van der Waals surface area (Å²) in [6.07, 6.45) is 13.1. The molecule has 23 heavy (non-hydrogen) atoms. The Kier molecular flexibility index (Phi) is 15.0. The molecule has 0 spiro atoms. The van der Waals surface area contributed by atoms with Gasteiger partial charge < -0.3 is 14.9 Å². The highest BCUT2D eigenvalue weighted by atomic mass is 16.5. The molecule has 136 valence electrons. The van der Waals surface area contributed by atoms with Gasteiger partial charge in [-0.1, -0.05) is 77.6 Å². The quantitative estimate of drug-likeness (QED) is 0.380. The van der Waals surface area contributed by atoms with E-state index in [0.29, 0.717) is 6.61 Å². The van der Waals surface area contributed by atoms with E-state index in [9.17, 15) is 9.59 Å². The van der Waals surface area contributed by atoms with Crippen molar-refractivity contribution in [1.29, 1.82) is 0 Å². The lowest BCUT2D eigenvalue weighted by Crippen LogP contribution is -2.27. The summed E-state index contributed by atoms with van der Waals surface area (Å²) in [6, 6.07) is 0. The molecule has 0 aliphatic heterocycles. The van der Waals surface area contributed by atoms with Crippen molar-refractivity contribution in [1.82, 2.24) is 0 Å². The summed E-state index contributed by atoms with van der Waals surface area (Å²) in [5.74, 6) is -2.35. The third-order valence-electron chi connectivity index (χ3n) is 3.95. The first-order valence-electron chi connectivity index (χ1n) is 9.14. The fourth-order valence-corrected chi connectivity index (χ4v) is 2.54. The zero-order chi connectivity index (χ0) is 17.3. The number of hydrogen-bond acceptors (Lipinski definition) is 3. The van der Waals surface area contributed by atoms with Crippen LogP contribution in [0.4, 0.5) is 0 Å². The summed E-state index contributed by atoms with van der Waals surface area (Å²) >= 11 is 0. The Labute approximate surface area is 140 Å². The Balaban J connectivity index is 3.32. The summed E-state index contributed by atoms with van der Waals surface area (Å²) in [5.41, 5.74) is 0. The van der Waals surface area contributed by atoms with Gasteiger partial charge in [0.05, 0.1) is 6.42 Å². The molecule has 0 amide bonds. The average Bonchev–Trinajstić information content (AvgIpc) is 2.50. The molecule has 2 N–H and O–H groups in total. The Morgan fingerprint density at radius 3 is 1.61 bits per heavy atom. The number of carbonyl (C=O) groups is 2. The lowest BCUT2D eigenvalue weighted by molar-refractivity contribution is -0.156. The second-order valence-corrected chi connectivity index (χ2v) is 6.18. The van der Waals surface area contributed by atoms with Gasteiger partial charge in [0.25, 0.3) is 0 Å². The van der Waals surface area contributed by atoms with Crippen molar-refractivity contribution in [3.63, 3.8) is 0 Å². The van der Waals surface area contributed by atoms with Crippen LogP contribution in [0.25, 0.3) is 0 Å². The Hall–Kier alpha value is -1.10. The molecular weight excluding hydrogens is 296 g/mol. The number of ether oxygens (including phenoxy) is 1. The molecule has 0 aliphatic carbocycles. The molecule has 0 heterocycles. The third kappa shape index (κ3) is 15.6. The molecule has 0 aromatic rings. The Morgan fingerprint density at radius 2 is 1.22 bits per heavy atom. The van der Waals surface area contributed by atoms with Gasteiger partial charge in [0.2, 0.25) is 0 Å². The molecule has 0 radical (unpaired) electrons. The van der Waals surface area contributed by atoms with E-state index < -0.39 is 24.5 Å². The minimum absolute atomic E-state index is 0.321. The molecule has 0 aromatic carbocycles. The minimum atomic E-state index is -1.22. The van der Waals surface area contributed by atoms with Gasteiger partial charge in [0.1, 0.15) is 0 Å². The predicted octanol–water partition coefficient (Wildman–Crippen LogP) is 4.63.